The molecule has 2 atom stereocenters. The zero-order chi connectivity index (χ0) is 12.5. The smallest absolute Gasteiger partial charge is 0.392 e. The van der Waals surface area contributed by atoms with Gasteiger partial charge in [0.1, 0.15) is 5.75 Å². The van der Waals surface area contributed by atoms with E-state index in [4.69, 9.17) is 4.74 Å². The molecule has 1 nitrogen and oxygen atoms in total. The molecule has 1 aliphatic rings. The third-order valence-electron chi connectivity index (χ3n) is 2.91. The van der Waals surface area contributed by atoms with Crippen LogP contribution in [0.1, 0.15) is 12.0 Å². The number of hydrogen-bond acceptors (Lipinski definition) is 1. The molecule has 0 unspecified atom stereocenters. The van der Waals surface area contributed by atoms with Gasteiger partial charge in [-0.2, -0.15) is 13.2 Å². The molecule has 0 radical (unpaired) electrons. The third kappa shape index (κ3) is 3.02. The minimum Gasteiger partial charge on any atom is -0.497 e. The molecule has 0 aliphatic heterocycles. The molecule has 0 amide bonds. The Labute approximate surface area is 97.9 Å². The number of benzene rings is 1. The van der Waals surface area contributed by atoms with E-state index in [1.165, 1.54) is 0 Å². The van der Waals surface area contributed by atoms with Crippen LogP contribution in [0.25, 0.3) is 6.08 Å². The van der Waals surface area contributed by atoms with Crippen LogP contribution < -0.4 is 4.74 Å². The topological polar surface area (TPSA) is 9.23 Å². The highest BCUT2D eigenvalue weighted by Gasteiger charge is 2.54. The largest absolute Gasteiger partial charge is 0.497 e. The summed E-state index contributed by atoms with van der Waals surface area (Å²) in [7, 11) is 1.57. The van der Waals surface area contributed by atoms with Crippen molar-refractivity contribution in [3.63, 3.8) is 0 Å². The maximum atomic E-state index is 12.3. The Balaban J connectivity index is 1.93. The SMILES string of the molecule is COc1ccc(/C=C/[C@@H]2C[C@H]2C(F)(F)F)cc1. The van der Waals surface area contributed by atoms with Crippen molar-refractivity contribution >= 4 is 6.08 Å². The third-order valence-corrected chi connectivity index (χ3v) is 2.91. The summed E-state index contributed by atoms with van der Waals surface area (Å²) in [5, 5.41) is 0. The Kier molecular flexibility index (Phi) is 3.13. The predicted molar refractivity (Wildman–Crippen MR) is 59.7 cm³/mol. The van der Waals surface area contributed by atoms with Gasteiger partial charge < -0.3 is 4.74 Å². The number of methoxy groups -OCH3 is 1. The van der Waals surface area contributed by atoms with Crippen LogP contribution in [0.5, 0.6) is 5.75 Å². The first-order valence-electron chi connectivity index (χ1n) is 5.39. The normalized spacial score (nSPS) is 24.0. The van der Waals surface area contributed by atoms with Gasteiger partial charge in [-0.15, -0.1) is 0 Å². The summed E-state index contributed by atoms with van der Waals surface area (Å²) in [5.41, 5.74) is 0.888. The molecular weight excluding hydrogens is 229 g/mol. The molecular formula is C13H13F3O. The van der Waals surface area contributed by atoms with Gasteiger partial charge in [-0.1, -0.05) is 24.3 Å². The lowest BCUT2D eigenvalue weighted by molar-refractivity contribution is -0.149. The Morgan fingerprint density at radius 1 is 1.24 bits per heavy atom. The fraction of sp³-hybridized carbons (Fsp3) is 0.385. The summed E-state index contributed by atoms with van der Waals surface area (Å²) >= 11 is 0. The number of rotatable bonds is 3. The molecule has 2 rings (SSSR count). The van der Waals surface area contributed by atoms with Gasteiger partial charge >= 0.3 is 6.18 Å². The summed E-state index contributed by atoms with van der Waals surface area (Å²) in [6.45, 7) is 0. The molecule has 0 spiro atoms. The summed E-state index contributed by atoms with van der Waals surface area (Å²) in [4.78, 5) is 0. The van der Waals surface area contributed by atoms with Gasteiger partial charge in [0.05, 0.1) is 13.0 Å². The monoisotopic (exact) mass is 242 g/mol. The van der Waals surface area contributed by atoms with E-state index >= 15 is 0 Å². The molecule has 0 aromatic heterocycles. The highest BCUT2D eigenvalue weighted by atomic mass is 19.4. The second-order valence-electron chi connectivity index (χ2n) is 4.18. The average molecular weight is 242 g/mol. The average Bonchev–Trinajstić information content (AvgIpc) is 3.06. The maximum absolute atomic E-state index is 12.3. The second-order valence-corrected chi connectivity index (χ2v) is 4.18. The number of alkyl halides is 3. The van der Waals surface area contributed by atoms with E-state index in [2.05, 4.69) is 0 Å². The highest BCUT2D eigenvalue weighted by molar-refractivity contribution is 5.51. The van der Waals surface area contributed by atoms with E-state index in [1.807, 2.05) is 12.1 Å². The van der Waals surface area contributed by atoms with Gasteiger partial charge in [0.25, 0.3) is 0 Å². The standard InChI is InChI=1S/C13H13F3O/c1-17-11-6-3-9(4-7-11)2-5-10-8-12(10)13(14,15)16/h2-7,10,12H,8H2,1H3/b5-2+/t10-,12-/m1/s1. The molecule has 0 bridgehead atoms. The van der Waals surface area contributed by atoms with Crippen LogP contribution in [0.2, 0.25) is 0 Å². The van der Waals surface area contributed by atoms with Crippen molar-refractivity contribution in [3.8, 4) is 5.75 Å². The minimum absolute atomic E-state index is 0.218. The lowest BCUT2D eigenvalue weighted by Gasteiger charge is -2.02. The van der Waals surface area contributed by atoms with Crippen LogP contribution in [-0.4, -0.2) is 13.3 Å². The Hall–Kier alpha value is -1.45. The molecule has 1 aliphatic carbocycles. The van der Waals surface area contributed by atoms with Crippen molar-refractivity contribution < 1.29 is 17.9 Å². The van der Waals surface area contributed by atoms with Gasteiger partial charge in [0, 0.05) is 0 Å². The molecule has 1 fully saturated rings. The summed E-state index contributed by atoms with van der Waals surface area (Å²) < 4.78 is 41.8. The molecule has 92 valence electrons. The molecule has 0 saturated heterocycles. The molecule has 17 heavy (non-hydrogen) atoms. The fourth-order valence-corrected chi connectivity index (χ4v) is 1.75. The zero-order valence-electron chi connectivity index (χ0n) is 9.37. The molecule has 0 heterocycles. The first kappa shape index (κ1) is 12.0. The Morgan fingerprint density at radius 2 is 1.88 bits per heavy atom. The molecule has 1 aromatic carbocycles. The van der Waals surface area contributed by atoms with Crippen LogP contribution in [0, 0.1) is 11.8 Å². The minimum atomic E-state index is -4.05. The van der Waals surface area contributed by atoms with Crippen LogP contribution in [0.3, 0.4) is 0 Å². The van der Waals surface area contributed by atoms with Gasteiger partial charge in [0.15, 0.2) is 0 Å². The van der Waals surface area contributed by atoms with E-state index in [1.54, 1.807) is 31.4 Å². The lowest BCUT2D eigenvalue weighted by atomic mass is 10.2. The Morgan fingerprint density at radius 3 is 2.35 bits per heavy atom. The van der Waals surface area contributed by atoms with Crippen molar-refractivity contribution in [2.24, 2.45) is 11.8 Å². The number of ether oxygens (including phenoxy) is 1. The van der Waals surface area contributed by atoms with Crippen LogP contribution in [0.15, 0.2) is 30.3 Å². The van der Waals surface area contributed by atoms with Crippen molar-refractivity contribution in [3.05, 3.63) is 35.9 Å². The second kappa shape index (κ2) is 4.43. The van der Waals surface area contributed by atoms with Gasteiger partial charge in [-0.05, 0) is 30.0 Å². The van der Waals surface area contributed by atoms with E-state index in [9.17, 15) is 13.2 Å². The molecule has 4 heteroatoms. The first-order valence-corrected chi connectivity index (χ1v) is 5.39. The maximum Gasteiger partial charge on any atom is 0.392 e. The van der Waals surface area contributed by atoms with Crippen molar-refractivity contribution in [1.82, 2.24) is 0 Å². The van der Waals surface area contributed by atoms with E-state index in [0.717, 1.165) is 11.3 Å². The molecule has 1 aromatic rings. The van der Waals surface area contributed by atoms with Crippen LogP contribution in [-0.2, 0) is 0 Å². The molecule has 0 N–H and O–H groups in total. The van der Waals surface area contributed by atoms with Gasteiger partial charge in [-0.3, -0.25) is 0 Å². The van der Waals surface area contributed by atoms with E-state index in [-0.39, 0.29) is 12.3 Å². The van der Waals surface area contributed by atoms with Gasteiger partial charge in [0.2, 0.25) is 0 Å². The predicted octanol–water partition coefficient (Wildman–Crippen LogP) is 3.91. The van der Waals surface area contributed by atoms with Crippen LogP contribution in [0.4, 0.5) is 13.2 Å². The van der Waals surface area contributed by atoms with Crippen LogP contribution >= 0.6 is 0 Å². The van der Waals surface area contributed by atoms with Gasteiger partial charge in [-0.25, -0.2) is 0 Å². The summed E-state index contributed by atoms with van der Waals surface area (Å²) in [6, 6.07) is 7.21. The number of hydrogen-bond donors (Lipinski definition) is 0. The Bertz CT molecular complexity index is 406. The highest BCUT2D eigenvalue weighted by Crippen LogP contribution is 2.50. The quantitative estimate of drug-likeness (QED) is 0.780. The number of allylic oxidation sites excluding steroid dienone is 1. The van der Waals surface area contributed by atoms with Crippen molar-refractivity contribution in [2.45, 2.75) is 12.6 Å². The lowest BCUT2D eigenvalue weighted by Crippen LogP contribution is -2.11. The summed E-state index contributed by atoms with van der Waals surface area (Å²) in [5.74, 6) is -0.754. The van der Waals surface area contributed by atoms with Crippen molar-refractivity contribution in [1.29, 1.82) is 0 Å². The molecule has 1 saturated carbocycles. The summed E-state index contributed by atoms with van der Waals surface area (Å²) in [6.07, 6.45) is -0.457. The zero-order valence-corrected chi connectivity index (χ0v) is 9.37. The first-order chi connectivity index (χ1) is 8.00. The van der Waals surface area contributed by atoms with E-state index in [0.29, 0.717) is 0 Å². The van der Waals surface area contributed by atoms with Crippen molar-refractivity contribution in [2.75, 3.05) is 7.11 Å². The van der Waals surface area contributed by atoms with E-state index < -0.39 is 12.1 Å². The number of halogens is 3. The fourth-order valence-electron chi connectivity index (χ4n) is 1.75.